The fourth-order valence-electron chi connectivity index (χ4n) is 5.18. The van der Waals surface area contributed by atoms with E-state index in [1.54, 1.807) is 34.6 Å². The highest BCUT2D eigenvalue weighted by molar-refractivity contribution is 8.26. The van der Waals surface area contributed by atoms with Gasteiger partial charge in [-0.05, 0) is 43.2 Å². The number of para-hydroxylation sites is 1. The highest BCUT2D eigenvalue weighted by Gasteiger charge is 2.34. The number of carbonyl (C=O) groups is 1. The Morgan fingerprint density at radius 2 is 1.68 bits per heavy atom. The Kier molecular flexibility index (Phi) is 8.05. The zero-order valence-electron chi connectivity index (χ0n) is 22.3. The fourth-order valence-corrected chi connectivity index (χ4v) is 6.42. The van der Waals surface area contributed by atoms with Gasteiger partial charge in [0.1, 0.15) is 27.6 Å². The van der Waals surface area contributed by atoms with Crippen LogP contribution in [0.1, 0.15) is 29.2 Å². The van der Waals surface area contributed by atoms with Gasteiger partial charge in [0.05, 0.1) is 17.1 Å². The van der Waals surface area contributed by atoms with Gasteiger partial charge in [-0.25, -0.2) is 4.39 Å². The van der Waals surface area contributed by atoms with Crippen molar-refractivity contribution in [2.24, 2.45) is 0 Å². The van der Waals surface area contributed by atoms with Crippen molar-refractivity contribution in [3.63, 3.8) is 0 Å². The van der Waals surface area contributed by atoms with E-state index in [9.17, 15) is 19.2 Å². The summed E-state index contributed by atoms with van der Waals surface area (Å²) in [6, 6.07) is 18.4. The number of anilines is 2. The van der Waals surface area contributed by atoms with Crippen LogP contribution in [0.25, 0.3) is 6.08 Å². The van der Waals surface area contributed by atoms with E-state index >= 15 is 0 Å². The second-order valence-electron chi connectivity index (χ2n) is 9.58. The third kappa shape index (κ3) is 5.15. The van der Waals surface area contributed by atoms with E-state index in [1.165, 1.54) is 17.8 Å². The lowest BCUT2D eigenvalue weighted by atomic mass is 10.0. The minimum absolute atomic E-state index is 0.0570. The van der Waals surface area contributed by atoms with Crippen LogP contribution < -0.4 is 15.4 Å². The molecule has 0 atom stereocenters. The average Bonchev–Trinajstić information content (AvgIpc) is 3.23. The number of aromatic nitrogens is 1. The zero-order chi connectivity index (χ0) is 28.4. The van der Waals surface area contributed by atoms with E-state index in [0.717, 1.165) is 5.56 Å². The Hall–Kier alpha value is -3.94. The molecule has 0 spiro atoms. The predicted molar refractivity (Wildman–Crippen MR) is 162 cm³/mol. The number of rotatable bonds is 6. The van der Waals surface area contributed by atoms with Crippen molar-refractivity contribution >= 4 is 51.8 Å². The smallest absolute Gasteiger partial charge is 0.270 e. The van der Waals surface area contributed by atoms with E-state index in [-0.39, 0.29) is 22.8 Å². The normalized spacial score (nSPS) is 16.6. The van der Waals surface area contributed by atoms with Crippen LogP contribution in [0.3, 0.4) is 0 Å². The lowest BCUT2D eigenvalue weighted by molar-refractivity contribution is -0.122. The molecule has 2 saturated heterocycles. The number of hydrogen-bond acceptors (Lipinski definition) is 7. The molecule has 0 bridgehead atoms. The van der Waals surface area contributed by atoms with Gasteiger partial charge in [-0.3, -0.25) is 19.1 Å². The number of hydrogen-bond donors (Lipinski definition) is 0. The number of thioether (sulfide) groups is 1. The zero-order valence-corrected chi connectivity index (χ0v) is 23.9. The van der Waals surface area contributed by atoms with Crippen LogP contribution in [0.2, 0.25) is 0 Å². The molecule has 7 nitrogen and oxygen atoms in total. The van der Waals surface area contributed by atoms with Gasteiger partial charge in [0, 0.05) is 38.3 Å². The van der Waals surface area contributed by atoms with Crippen molar-refractivity contribution in [1.82, 2.24) is 9.47 Å². The first-order valence-electron chi connectivity index (χ1n) is 13.0. The van der Waals surface area contributed by atoms with Gasteiger partial charge in [0.15, 0.2) is 0 Å². The molecule has 2 fully saturated rings. The molecule has 2 aromatic carbocycles. The largest absolute Gasteiger partial charge is 0.366 e. The molecule has 1 aromatic heterocycles. The summed E-state index contributed by atoms with van der Waals surface area (Å²) in [5, 5.41) is 9.85. The number of benzene rings is 2. The quantitative estimate of drug-likeness (QED) is 0.306. The lowest BCUT2D eigenvalue weighted by Crippen LogP contribution is -2.49. The second-order valence-corrected chi connectivity index (χ2v) is 11.3. The van der Waals surface area contributed by atoms with Gasteiger partial charge in [-0.15, -0.1) is 0 Å². The molecule has 0 N–H and O–H groups in total. The Bertz CT molecular complexity index is 1600. The number of carbonyl (C=O) groups excluding carboxylic acids is 1. The van der Waals surface area contributed by atoms with Crippen molar-refractivity contribution in [2.75, 3.05) is 36.0 Å². The Morgan fingerprint density at radius 1 is 1.02 bits per heavy atom. The molecule has 40 heavy (non-hydrogen) atoms. The molecule has 3 heterocycles. The molecule has 1 amide bonds. The molecule has 0 saturated carbocycles. The Labute approximate surface area is 242 Å². The monoisotopic (exact) mass is 573 g/mol. The second kappa shape index (κ2) is 11.7. The maximum Gasteiger partial charge on any atom is 0.270 e. The molecule has 0 unspecified atom stereocenters. The van der Waals surface area contributed by atoms with Gasteiger partial charge in [0.25, 0.3) is 11.5 Å². The first-order chi connectivity index (χ1) is 19.3. The summed E-state index contributed by atoms with van der Waals surface area (Å²) in [6.07, 6.45) is 1.77. The standard InChI is InChI=1S/C30H28FN5O2S2/c1-3-35-27(34-15-13-33(14-16-34)25-12-8-7-11-24(25)31)22(20(2)23(18-32)28(35)37)17-26-29(38)36(30(39)40-26)19-21-9-5-4-6-10-21/h4-12,17H,3,13-16,19H2,1-2H3/b26-17+. The number of nitriles is 1. The Morgan fingerprint density at radius 3 is 2.33 bits per heavy atom. The molecule has 10 heteroatoms. The van der Waals surface area contributed by atoms with E-state index < -0.39 is 0 Å². The molecular formula is C30H28FN5O2S2. The number of piperazine rings is 1. The molecule has 2 aliphatic rings. The number of pyridine rings is 1. The molecule has 0 radical (unpaired) electrons. The summed E-state index contributed by atoms with van der Waals surface area (Å²) < 4.78 is 16.5. The van der Waals surface area contributed by atoms with Crippen molar-refractivity contribution in [1.29, 1.82) is 5.26 Å². The molecular weight excluding hydrogens is 545 g/mol. The SMILES string of the molecule is CCn1c(N2CCN(c3ccccc3F)CC2)c(/C=C2/SC(=S)N(Cc3ccccc3)C2=O)c(C)c(C#N)c1=O. The van der Waals surface area contributed by atoms with Crippen LogP contribution in [0, 0.1) is 24.1 Å². The van der Waals surface area contributed by atoms with E-state index in [0.29, 0.717) is 71.1 Å². The third-order valence-corrected chi connectivity index (χ3v) is 8.65. The summed E-state index contributed by atoms with van der Waals surface area (Å²) in [5.41, 5.74) is 2.39. The average molecular weight is 574 g/mol. The fraction of sp³-hybridized carbons (Fsp3) is 0.267. The van der Waals surface area contributed by atoms with Gasteiger partial charge in [-0.1, -0.05) is 66.4 Å². The van der Waals surface area contributed by atoms with Crippen molar-refractivity contribution in [3.05, 3.63) is 97.9 Å². The first kappa shape index (κ1) is 27.6. The third-order valence-electron chi connectivity index (χ3n) is 7.27. The van der Waals surface area contributed by atoms with Crippen molar-refractivity contribution in [2.45, 2.75) is 26.9 Å². The maximum atomic E-state index is 14.4. The summed E-state index contributed by atoms with van der Waals surface area (Å²) >= 11 is 6.78. The molecule has 204 valence electrons. The van der Waals surface area contributed by atoms with Crippen LogP contribution in [-0.4, -0.2) is 45.9 Å². The number of nitrogens with zero attached hydrogens (tertiary/aromatic N) is 5. The number of amides is 1. The van der Waals surface area contributed by atoms with Crippen molar-refractivity contribution < 1.29 is 9.18 Å². The van der Waals surface area contributed by atoms with Gasteiger partial charge < -0.3 is 9.80 Å². The van der Waals surface area contributed by atoms with Gasteiger partial charge in [-0.2, -0.15) is 5.26 Å². The molecule has 0 aliphatic carbocycles. The van der Waals surface area contributed by atoms with E-state index in [4.69, 9.17) is 12.2 Å². The van der Waals surface area contributed by atoms with Crippen LogP contribution in [-0.2, 0) is 17.9 Å². The number of thiocarbonyl (C=S) groups is 1. The summed E-state index contributed by atoms with van der Waals surface area (Å²) in [6.45, 7) is 6.50. The summed E-state index contributed by atoms with van der Waals surface area (Å²) in [7, 11) is 0. The molecule has 3 aromatic rings. The predicted octanol–water partition coefficient (Wildman–Crippen LogP) is 4.92. The highest BCUT2D eigenvalue weighted by Crippen LogP contribution is 2.37. The Balaban J connectivity index is 1.53. The van der Waals surface area contributed by atoms with Crippen molar-refractivity contribution in [3.8, 4) is 6.07 Å². The lowest BCUT2D eigenvalue weighted by Gasteiger charge is -2.39. The van der Waals surface area contributed by atoms with Gasteiger partial charge in [0.2, 0.25) is 0 Å². The topological polar surface area (TPSA) is 72.6 Å². The van der Waals surface area contributed by atoms with Crippen LogP contribution in [0.5, 0.6) is 0 Å². The first-order valence-corrected chi connectivity index (χ1v) is 14.3. The van der Waals surface area contributed by atoms with Crippen LogP contribution >= 0.6 is 24.0 Å². The number of halogens is 1. The van der Waals surface area contributed by atoms with Crippen LogP contribution in [0.15, 0.2) is 64.3 Å². The molecule has 5 rings (SSSR count). The summed E-state index contributed by atoms with van der Waals surface area (Å²) in [4.78, 5) is 32.9. The van der Waals surface area contributed by atoms with Crippen LogP contribution in [0.4, 0.5) is 15.9 Å². The minimum Gasteiger partial charge on any atom is -0.366 e. The van der Waals surface area contributed by atoms with Gasteiger partial charge >= 0.3 is 0 Å². The minimum atomic E-state index is -0.359. The van der Waals surface area contributed by atoms with E-state index in [2.05, 4.69) is 11.0 Å². The maximum absolute atomic E-state index is 14.4. The van der Waals surface area contributed by atoms with E-state index in [1.807, 2.05) is 48.2 Å². The summed E-state index contributed by atoms with van der Waals surface area (Å²) in [5.74, 6) is 0.181. The molecule has 2 aliphatic heterocycles. The highest BCUT2D eigenvalue weighted by atomic mass is 32.2.